The summed E-state index contributed by atoms with van der Waals surface area (Å²) in [7, 11) is 1.82. The molecular weight excluding hydrogens is 491 g/mol. The number of amides is 1. The molecule has 10 nitrogen and oxygen atoms in total. The zero-order valence-electron chi connectivity index (χ0n) is 22.3. The number of rotatable bonds is 5. The Morgan fingerprint density at radius 1 is 1.34 bits per heavy atom. The number of carbonyl (C=O) groups excluding carboxylic acids is 1. The van der Waals surface area contributed by atoms with Crippen LogP contribution in [0.3, 0.4) is 0 Å². The Morgan fingerprint density at radius 3 is 2.76 bits per heavy atom. The number of anilines is 1. The predicted octanol–water partition coefficient (Wildman–Crippen LogP) is 4.51. The fourth-order valence-corrected chi connectivity index (χ4v) is 4.61. The predicted molar refractivity (Wildman–Crippen MR) is 139 cm³/mol. The van der Waals surface area contributed by atoms with Crippen LogP contribution in [-0.2, 0) is 24.8 Å². The zero-order chi connectivity index (χ0) is 27.4. The topological polar surface area (TPSA) is 107 Å². The number of nitrogens with zero attached hydrogens (tertiary/aromatic N) is 6. The molecule has 1 aliphatic heterocycles. The van der Waals surface area contributed by atoms with Crippen LogP contribution in [0, 0.1) is 12.7 Å². The molecule has 1 N–H and O–H groups in total. The van der Waals surface area contributed by atoms with Crippen LogP contribution in [0.4, 0.5) is 15.1 Å². The van der Waals surface area contributed by atoms with Crippen molar-refractivity contribution in [2.45, 2.75) is 59.3 Å². The summed E-state index contributed by atoms with van der Waals surface area (Å²) in [5.41, 5.74) is 3.34. The van der Waals surface area contributed by atoms with Gasteiger partial charge in [0.2, 0.25) is 5.95 Å². The molecule has 1 unspecified atom stereocenters. The number of hydrogen-bond donors (Lipinski definition) is 1. The maximum absolute atomic E-state index is 15.2. The highest BCUT2D eigenvalue weighted by Crippen LogP contribution is 2.34. The van der Waals surface area contributed by atoms with Gasteiger partial charge in [-0.1, -0.05) is 0 Å². The zero-order valence-corrected chi connectivity index (χ0v) is 22.3. The van der Waals surface area contributed by atoms with E-state index in [0.29, 0.717) is 46.8 Å². The van der Waals surface area contributed by atoms with Gasteiger partial charge in [0.25, 0.3) is 0 Å². The second kappa shape index (κ2) is 9.39. The lowest BCUT2D eigenvalue weighted by Crippen LogP contribution is -2.38. The Balaban J connectivity index is 1.70. The highest BCUT2D eigenvalue weighted by atomic mass is 19.1. The van der Waals surface area contributed by atoms with Gasteiger partial charge in [0.1, 0.15) is 17.2 Å². The first-order valence-corrected chi connectivity index (χ1v) is 12.4. The van der Waals surface area contributed by atoms with E-state index in [4.69, 9.17) is 9.47 Å². The Kier molecular flexibility index (Phi) is 6.34. The standard InChI is InChI=1S/C27H31FN6O4/c1-15-11-22(32(6)31-15)18-12-29-25(33-14-21(16(2)35)30-24(18)33)34(26(36)38-27(3,4)5)13-19-17-9-10-37-23(17)8-7-20(19)28/h7-8,11-12,14,16,35H,9-10,13H2,1-6H3. The van der Waals surface area contributed by atoms with Gasteiger partial charge in [0.05, 0.1) is 41.9 Å². The summed E-state index contributed by atoms with van der Waals surface area (Å²) in [5, 5.41) is 14.8. The van der Waals surface area contributed by atoms with E-state index in [1.54, 1.807) is 55.2 Å². The fourth-order valence-electron chi connectivity index (χ4n) is 4.61. The van der Waals surface area contributed by atoms with Crippen LogP contribution in [0.1, 0.15) is 56.3 Å². The number of aromatic nitrogens is 5. The van der Waals surface area contributed by atoms with Crippen LogP contribution in [-0.4, -0.2) is 47.6 Å². The Labute approximate surface area is 219 Å². The molecule has 0 saturated heterocycles. The van der Waals surface area contributed by atoms with Gasteiger partial charge in [-0.2, -0.15) is 5.10 Å². The molecular formula is C27H31FN6O4. The molecule has 1 aromatic carbocycles. The smallest absolute Gasteiger partial charge is 0.417 e. The Hall–Kier alpha value is -3.99. The minimum absolute atomic E-state index is 0.137. The first-order valence-electron chi connectivity index (χ1n) is 12.4. The Bertz CT molecular complexity index is 1530. The third kappa shape index (κ3) is 4.69. The van der Waals surface area contributed by atoms with Crippen molar-refractivity contribution in [2.24, 2.45) is 7.05 Å². The van der Waals surface area contributed by atoms with Crippen molar-refractivity contribution in [2.75, 3.05) is 11.5 Å². The molecule has 1 aliphatic rings. The number of ether oxygens (including phenoxy) is 2. The highest BCUT2D eigenvalue weighted by molar-refractivity contribution is 5.87. The lowest BCUT2D eigenvalue weighted by atomic mass is 10.0. The molecule has 0 radical (unpaired) electrons. The summed E-state index contributed by atoms with van der Waals surface area (Å²) >= 11 is 0. The summed E-state index contributed by atoms with van der Waals surface area (Å²) < 4.78 is 29.9. The van der Waals surface area contributed by atoms with Gasteiger partial charge in [-0.15, -0.1) is 0 Å². The van der Waals surface area contributed by atoms with Crippen LogP contribution < -0.4 is 9.64 Å². The monoisotopic (exact) mass is 522 g/mol. The van der Waals surface area contributed by atoms with Crippen LogP contribution in [0.25, 0.3) is 16.9 Å². The number of aliphatic hydroxyl groups is 1. The largest absolute Gasteiger partial charge is 0.493 e. The SMILES string of the molecule is Cc1cc(-c2cnc(N(Cc3c(F)ccc4c3CCO4)C(=O)OC(C)(C)C)n3cc(C(C)O)nc23)n(C)n1. The molecule has 5 rings (SSSR count). The number of aliphatic hydroxyl groups excluding tert-OH is 1. The molecule has 0 fully saturated rings. The fraction of sp³-hybridized carbons (Fsp3) is 0.407. The summed E-state index contributed by atoms with van der Waals surface area (Å²) in [6, 6.07) is 4.85. The second-order valence-corrected chi connectivity index (χ2v) is 10.5. The molecule has 200 valence electrons. The van der Waals surface area contributed by atoms with Crippen molar-refractivity contribution in [1.82, 2.24) is 24.1 Å². The summed E-state index contributed by atoms with van der Waals surface area (Å²) in [6.45, 7) is 9.08. The maximum atomic E-state index is 15.2. The van der Waals surface area contributed by atoms with Crippen molar-refractivity contribution >= 4 is 17.7 Å². The van der Waals surface area contributed by atoms with Crippen molar-refractivity contribution < 1.29 is 23.8 Å². The molecule has 1 amide bonds. The molecule has 0 aliphatic carbocycles. The lowest BCUT2D eigenvalue weighted by molar-refractivity contribution is 0.0574. The number of fused-ring (bicyclic) bond motifs is 2. The Morgan fingerprint density at radius 2 is 2.11 bits per heavy atom. The summed E-state index contributed by atoms with van der Waals surface area (Å²) in [4.78, 5) is 24.2. The minimum Gasteiger partial charge on any atom is -0.493 e. The first kappa shape index (κ1) is 25.7. The lowest BCUT2D eigenvalue weighted by Gasteiger charge is -2.28. The number of imidazole rings is 1. The van der Waals surface area contributed by atoms with Crippen LogP contribution in [0.15, 0.2) is 30.6 Å². The van der Waals surface area contributed by atoms with Crippen molar-refractivity contribution in [3.63, 3.8) is 0 Å². The van der Waals surface area contributed by atoms with Crippen LogP contribution in [0.2, 0.25) is 0 Å². The van der Waals surface area contributed by atoms with Gasteiger partial charge in [-0.3, -0.25) is 9.08 Å². The van der Waals surface area contributed by atoms with E-state index < -0.39 is 23.6 Å². The van der Waals surface area contributed by atoms with Gasteiger partial charge in [0, 0.05) is 37.0 Å². The molecule has 0 spiro atoms. The van der Waals surface area contributed by atoms with Crippen LogP contribution in [0.5, 0.6) is 5.75 Å². The molecule has 4 aromatic rings. The third-order valence-corrected chi connectivity index (χ3v) is 6.31. The van der Waals surface area contributed by atoms with E-state index in [0.717, 1.165) is 11.4 Å². The average Bonchev–Trinajstić information content (AvgIpc) is 3.55. The first-order chi connectivity index (χ1) is 17.9. The third-order valence-electron chi connectivity index (χ3n) is 6.31. The molecule has 0 bridgehead atoms. The molecule has 4 heterocycles. The number of carbonyl (C=O) groups is 1. The van der Waals surface area contributed by atoms with E-state index in [-0.39, 0.29) is 12.5 Å². The second-order valence-electron chi connectivity index (χ2n) is 10.5. The normalized spacial score (nSPS) is 13.9. The van der Waals surface area contributed by atoms with Gasteiger partial charge in [-0.05, 0) is 52.8 Å². The molecule has 0 saturated carbocycles. The summed E-state index contributed by atoms with van der Waals surface area (Å²) in [6.07, 6.45) is 2.20. The van der Waals surface area contributed by atoms with Crippen LogP contribution >= 0.6 is 0 Å². The van der Waals surface area contributed by atoms with E-state index >= 15 is 4.39 Å². The van der Waals surface area contributed by atoms with E-state index in [1.165, 1.54) is 11.0 Å². The minimum atomic E-state index is -0.870. The molecule has 38 heavy (non-hydrogen) atoms. The van der Waals surface area contributed by atoms with E-state index in [9.17, 15) is 9.90 Å². The maximum Gasteiger partial charge on any atom is 0.417 e. The molecule has 11 heteroatoms. The van der Waals surface area contributed by atoms with E-state index in [2.05, 4.69) is 15.1 Å². The number of halogens is 1. The van der Waals surface area contributed by atoms with Gasteiger partial charge < -0.3 is 14.6 Å². The van der Waals surface area contributed by atoms with E-state index in [1.807, 2.05) is 20.0 Å². The number of benzene rings is 1. The molecule has 3 aromatic heterocycles. The average molecular weight is 523 g/mol. The quantitative estimate of drug-likeness (QED) is 0.411. The van der Waals surface area contributed by atoms with Gasteiger partial charge in [0.15, 0.2) is 5.65 Å². The van der Waals surface area contributed by atoms with Crippen molar-refractivity contribution in [1.29, 1.82) is 0 Å². The highest BCUT2D eigenvalue weighted by Gasteiger charge is 2.31. The van der Waals surface area contributed by atoms with Crippen molar-refractivity contribution in [3.05, 3.63) is 58.9 Å². The van der Waals surface area contributed by atoms with Crippen molar-refractivity contribution in [3.8, 4) is 17.0 Å². The number of hydrogen-bond acceptors (Lipinski definition) is 7. The van der Waals surface area contributed by atoms with Gasteiger partial charge in [-0.25, -0.2) is 24.1 Å². The van der Waals surface area contributed by atoms with Gasteiger partial charge >= 0.3 is 6.09 Å². The summed E-state index contributed by atoms with van der Waals surface area (Å²) in [5.74, 6) is 0.327. The molecule has 1 atom stereocenters. The number of aryl methyl sites for hydroxylation is 2.